The van der Waals surface area contributed by atoms with Crippen LogP contribution in [-0.2, 0) is 21.1 Å². The molecule has 5 heteroatoms. The number of hydrogen-bond acceptors (Lipinski definition) is 3. The van der Waals surface area contributed by atoms with E-state index in [4.69, 9.17) is 0 Å². The van der Waals surface area contributed by atoms with Gasteiger partial charge in [0.05, 0.1) is 17.4 Å². The van der Waals surface area contributed by atoms with E-state index in [1.807, 2.05) is 24.3 Å². The molecule has 0 aromatic heterocycles. The molecule has 1 saturated heterocycles. The highest BCUT2D eigenvalue weighted by molar-refractivity contribution is 7.91. The molecule has 2 aliphatic heterocycles. The van der Waals surface area contributed by atoms with Crippen LogP contribution in [-0.4, -0.2) is 32.4 Å². The molecule has 1 fully saturated rings. The van der Waals surface area contributed by atoms with Gasteiger partial charge in [0.1, 0.15) is 0 Å². The predicted molar refractivity (Wildman–Crippen MR) is 69.3 cm³/mol. The maximum atomic E-state index is 12.4. The summed E-state index contributed by atoms with van der Waals surface area (Å²) in [6, 6.07) is 7.83. The Hall–Kier alpha value is -1.36. The number of amides is 1. The van der Waals surface area contributed by atoms with Crippen LogP contribution in [0.4, 0.5) is 5.69 Å². The average Bonchev–Trinajstić information content (AvgIpc) is 2.91. The fraction of sp³-hybridized carbons (Fsp3) is 0.462. The number of fused-ring (bicyclic) bond motifs is 1. The SMILES string of the molecule is O=C([C@@H]1CCS(=O)(=O)C1)N1CCc2ccccc21. The lowest BCUT2D eigenvalue weighted by molar-refractivity contribution is -0.121. The third-order valence-electron chi connectivity index (χ3n) is 3.73. The number of carbonyl (C=O) groups excluding carboxylic acids is 1. The first-order valence-corrected chi connectivity index (χ1v) is 7.99. The minimum Gasteiger partial charge on any atom is -0.312 e. The minimum absolute atomic E-state index is 0.0184. The van der Waals surface area contributed by atoms with Gasteiger partial charge in [-0.3, -0.25) is 4.79 Å². The van der Waals surface area contributed by atoms with Crippen molar-refractivity contribution in [3.63, 3.8) is 0 Å². The van der Waals surface area contributed by atoms with Crippen LogP contribution in [0.15, 0.2) is 24.3 Å². The first-order chi connectivity index (χ1) is 8.57. The highest BCUT2D eigenvalue weighted by Crippen LogP contribution is 2.31. The monoisotopic (exact) mass is 265 g/mol. The number of hydrogen-bond donors (Lipinski definition) is 0. The van der Waals surface area contributed by atoms with Gasteiger partial charge in [0, 0.05) is 12.2 Å². The fourth-order valence-electron chi connectivity index (χ4n) is 2.78. The Bertz CT molecular complexity index is 594. The van der Waals surface area contributed by atoms with Gasteiger partial charge < -0.3 is 4.90 Å². The second kappa shape index (κ2) is 4.09. The van der Waals surface area contributed by atoms with Crippen LogP contribution in [0.5, 0.6) is 0 Å². The Morgan fingerprint density at radius 3 is 2.78 bits per heavy atom. The maximum Gasteiger partial charge on any atom is 0.231 e. The van der Waals surface area contributed by atoms with Gasteiger partial charge in [-0.15, -0.1) is 0 Å². The molecule has 2 aliphatic rings. The van der Waals surface area contributed by atoms with E-state index in [0.717, 1.165) is 12.1 Å². The Kier molecular flexibility index (Phi) is 2.66. The Labute approximate surface area is 107 Å². The summed E-state index contributed by atoms with van der Waals surface area (Å²) < 4.78 is 22.9. The molecular formula is C13H15NO3S. The highest BCUT2D eigenvalue weighted by atomic mass is 32.2. The van der Waals surface area contributed by atoms with E-state index in [-0.39, 0.29) is 23.3 Å². The van der Waals surface area contributed by atoms with Crippen molar-refractivity contribution in [2.24, 2.45) is 5.92 Å². The van der Waals surface area contributed by atoms with Crippen LogP contribution in [0.25, 0.3) is 0 Å². The van der Waals surface area contributed by atoms with E-state index in [1.165, 1.54) is 5.56 Å². The lowest BCUT2D eigenvalue weighted by atomic mass is 10.1. The molecule has 0 aliphatic carbocycles. The van der Waals surface area contributed by atoms with E-state index in [0.29, 0.717) is 13.0 Å². The second-order valence-electron chi connectivity index (χ2n) is 4.97. The van der Waals surface area contributed by atoms with Crippen LogP contribution in [0.2, 0.25) is 0 Å². The number of carbonyl (C=O) groups is 1. The third kappa shape index (κ3) is 1.92. The zero-order valence-corrected chi connectivity index (χ0v) is 10.8. The molecule has 3 rings (SSSR count). The molecule has 1 aromatic rings. The Morgan fingerprint density at radius 1 is 1.28 bits per heavy atom. The largest absolute Gasteiger partial charge is 0.312 e. The van der Waals surface area contributed by atoms with Crippen molar-refractivity contribution in [1.82, 2.24) is 0 Å². The molecular weight excluding hydrogens is 250 g/mol. The van der Waals surface area contributed by atoms with Crippen LogP contribution in [0.3, 0.4) is 0 Å². The van der Waals surface area contributed by atoms with Crippen LogP contribution in [0.1, 0.15) is 12.0 Å². The van der Waals surface area contributed by atoms with Crippen molar-refractivity contribution in [3.8, 4) is 0 Å². The molecule has 2 heterocycles. The van der Waals surface area contributed by atoms with Crippen molar-refractivity contribution in [3.05, 3.63) is 29.8 Å². The van der Waals surface area contributed by atoms with Crippen LogP contribution in [0, 0.1) is 5.92 Å². The summed E-state index contributed by atoms with van der Waals surface area (Å²) in [6.45, 7) is 0.675. The molecule has 0 saturated carbocycles. The van der Waals surface area contributed by atoms with Gasteiger partial charge in [0.15, 0.2) is 9.84 Å². The van der Waals surface area contributed by atoms with Crippen LogP contribution < -0.4 is 4.90 Å². The summed E-state index contributed by atoms with van der Waals surface area (Å²) in [5.74, 6) is -0.203. The molecule has 96 valence electrons. The molecule has 4 nitrogen and oxygen atoms in total. The van der Waals surface area contributed by atoms with E-state index in [1.54, 1.807) is 4.90 Å². The fourth-order valence-corrected chi connectivity index (χ4v) is 4.51. The van der Waals surface area contributed by atoms with E-state index in [2.05, 4.69) is 0 Å². The summed E-state index contributed by atoms with van der Waals surface area (Å²) in [7, 11) is -2.99. The quantitative estimate of drug-likeness (QED) is 0.761. The Morgan fingerprint density at radius 2 is 2.06 bits per heavy atom. The summed E-state index contributed by atoms with van der Waals surface area (Å²) in [6.07, 6.45) is 1.33. The molecule has 1 amide bonds. The van der Waals surface area contributed by atoms with Crippen molar-refractivity contribution in [2.75, 3.05) is 23.0 Å². The van der Waals surface area contributed by atoms with Gasteiger partial charge in [-0.05, 0) is 24.5 Å². The zero-order valence-electron chi connectivity index (χ0n) is 10.0. The number of sulfone groups is 1. The lowest BCUT2D eigenvalue weighted by Gasteiger charge is -2.20. The second-order valence-corrected chi connectivity index (χ2v) is 7.20. The zero-order chi connectivity index (χ0) is 12.8. The van der Waals surface area contributed by atoms with Gasteiger partial charge in [0.25, 0.3) is 0 Å². The van der Waals surface area contributed by atoms with Crippen molar-refractivity contribution < 1.29 is 13.2 Å². The molecule has 0 unspecified atom stereocenters. The average molecular weight is 265 g/mol. The summed E-state index contributed by atoms with van der Waals surface area (Å²) >= 11 is 0. The topological polar surface area (TPSA) is 54.5 Å². The standard InChI is InChI=1S/C13H15NO3S/c15-13(11-6-8-18(16,17)9-11)14-7-5-10-3-1-2-4-12(10)14/h1-4,11H,5-9H2/t11-/m1/s1. The molecule has 0 N–H and O–H groups in total. The smallest absolute Gasteiger partial charge is 0.231 e. The van der Waals surface area contributed by atoms with Gasteiger partial charge in [-0.2, -0.15) is 0 Å². The van der Waals surface area contributed by atoms with Gasteiger partial charge in [0.2, 0.25) is 5.91 Å². The maximum absolute atomic E-state index is 12.4. The minimum atomic E-state index is -2.99. The molecule has 0 bridgehead atoms. The highest BCUT2D eigenvalue weighted by Gasteiger charge is 2.37. The summed E-state index contributed by atoms with van der Waals surface area (Å²) in [5, 5.41) is 0. The van der Waals surface area contributed by atoms with Crippen LogP contribution >= 0.6 is 0 Å². The predicted octanol–water partition coefficient (Wildman–Crippen LogP) is 1.01. The van der Waals surface area contributed by atoms with E-state index < -0.39 is 9.84 Å². The van der Waals surface area contributed by atoms with Gasteiger partial charge >= 0.3 is 0 Å². The summed E-state index contributed by atoms with van der Waals surface area (Å²) in [4.78, 5) is 14.1. The van der Waals surface area contributed by atoms with Crippen molar-refractivity contribution in [2.45, 2.75) is 12.8 Å². The number of anilines is 1. The molecule has 18 heavy (non-hydrogen) atoms. The van der Waals surface area contributed by atoms with Gasteiger partial charge in [-0.25, -0.2) is 8.42 Å². The Balaban J connectivity index is 1.83. The first kappa shape index (κ1) is 11.7. The lowest BCUT2D eigenvalue weighted by Crippen LogP contribution is -2.35. The number of rotatable bonds is 1. The molecule has 0 spiro atoms. The van der Waals surface area contributed by atoms with E-state index in [9.17, 15) is 13.2 Å². The molecule has 1 atom stereocenters. The number of benzene rings is 1. The summed E-state index contributed by atoms with van der Waals surface area (Å²) in [5.41, 5.74) is 2.12. The van der Waals surface area contributed by atoms with Gasteiger partial charge in [-0.1, -0.05) is 18.2 Å². The number of nitrogens with zero attached hydrogens (tertiary/aromatic N) is 1. The number of para-hydroxylation sites is 1. The third-order valence-corrected chi connectivity index (χ3v) is 5.50. The first-order valence-electron chi connectivity index (χ1n) is 6.16. The molecule has 1 aromatic carbocycles. The van der Waals surface area contributed by atoms with Crippen molar-refractivity contribution in [1.29, 1.82) is 0 Å². The van der Waals surface area contributed by atoms with Crippen molar-refractivity contribution >= 4 is 21.4 Å². The van der Waals surface area contributed by atoms with E-state index >= 15 is 0 Å². The molecule has 0 radical (unpaired) electrons. The normalized spacial score (nSPS) is 25.1.